The van der Waals surface area contributed by atoms with Crippen LogP contribution in [0.1, 0.15) is 5.69 Å². The summed E-state index contributed by atoms with van der Waals surface area (Å²) in [5.41, 5.74) is 2.04. The molecule has 0 unspecified atom stereocenters. The molecule has 3 heterocycles. The molecule has 6 nitrogen and oxygen atoms in total. The molecule has 6 heteroatoms. The van der Waals surface area contributed by atoms with Gasteiger partial charge < -0.3 is 14.5 Å². The minimum atomic E-state index is 0.692. The molecule has 0 bridgehead atoms. The summed E-state index contributed by atoms with van der Waals surface area (Å²) < 4.78 is 9.07. The van der Waals surface area contributed by atoms with E-state index in [2.05, 4.69) is 19.7 Å². The molecule has 0 aliphatic heterocycles. The molecule has 0 amide bonds. The number of hydrogen-bond acceptors (Lipinski definition) is 4. The first-order valence-electron chi connectivity index (χ1n) is 6.54. The summed E-state index contributed by atoms with van der Waals surface area (Å²) in [7, 11) is 1.70. The van der Waals surface area contributed by atoms with Gasteiger partial charge in [0.2, 0.25) is 0 Å². The minimum Gasteiger partial charge on any atom is -0.383 e. The van der Waals surface area contributed by atoms with Crippen molar-refractivity contribution in [2.75, 3.05) is 20.3 Å². The van der Waals surface area contributed by atoms with Gasteiger partial charge >= 0.3 is 0 Å². The Labute approximate surface area is 117 Å². The molecule has 0 spiro atoms. The molecule has 1 N–H and O–H groups in total. The zero-order valence-electron chi connectivity index (χ0n) is 11.4. The summed E-state index contributed by atoms with van der Waals surface area (Å²) in [5, 5.41) is 3.36. The van der Waals surface area contributed by atoms with Crippen molar-refractivity contribution in [2.45, 2.75) is 6.54 Å². The zero-order valence-corrected chi connectivity index (χ0v) is 11.4. The average molecular weight is 271 g/mol. The summed E-state index contributed by atoms with van der Waals surface area (Å²) in [6, 6.07) is 5.99. The van der Waals surface area contributed by atoms with E-state index in [0.717, 1.165) is 30.2 Å². The van der Waals surface area contributed by atoms with Gasteiger partial charge in [0.1, 0.15) is 12.0 Å². The van der Waals surface area contributed by atoms with Crippen molar-refractivity contribution in [1.82, 2.24) is 24.3 Å². The Bertz CT molecular complexity index is 674. The predicted octanol–water partition coefficient (Wildman–Crippen LogP) is 1.26. The molecule has 0 radical (unpaired) electrons. The van der Waals surface area contributed by atoms with Crippen molar-refractivity contribution in [3.05, 3.63) is 48.8 Å². The van der Waals surface area contributed by atoms with Crippen LogP contribution in [0, 0.1) is 0 Å². The molecule has 3 rings (SSSR count). The second kappa shape index (κ2) is 5.85. The number of nitrogens with zero attached hydrogens (tertiary/aromatic N) is 4. The van der Waals surface area contributed by atoms with E-state index >= 15 is 0 Å². The van der Waals surface area contributed by atoms with E-state index in [1.807, 2.05) is 35.2 Å². The number of nitrogens with one attached hydrogen (secondary N) is 1. The Hall–Kier alpha value is -2.18. The van der Waals surface area contributed by atoms with E-state index < -0.39 is 0 Å². The maximum Gasteiger partial charge on any atom is 0.161 e. The molecule has 3 aromatic rings. The molecular formula is C14H17N5O. The third-order valence-corrected chi connectivity index (χ3v) is 3.13. The number of aromatic nitrogens is 4. The van der Waals surface area contributed by atoms with E-state index in [9.17, 15) is 0 Å². The highest BCUT2D eigenvalue weighted by Crippen LogP contribution is 2.16. The maximum atomic E-state index is 5.05. The van der Waals surface area contributed by atoms with Crippen molar-refractivity contribution in [3.8, 4) is 5.82 Å². The number of rotatable bonds is 6. The van der Waals surface area contributed by atoms with Crippen LogP contribution >= 0.6 is 0 Å². The van der Waals surface area contributed by atoms with Crippen LogP contribution in [0.25, 0.3) is 11.5 Å². The Kier molecular flexibility index (Phi) is 3.76. The fraction of sp³-hybridized carbons (Fsp3) is 0.286. The van der Waals surface area contributed by atoms with Crippen LogP contribution in [0.2, 0.25) is 0 Å². The van der Waals surface area contributed by atoms with Crippen LogP contribution in [-0.2, 0) is 11.3 Å². The monoisotopic (exact) mass is 271 g/mol. The van der Waals surface area contributed by atoms with Gasteiger partial charge in [0.25, 0.3) is 0 Å². The smallest absolute Gasteiger partial charge is 0.161 e. The molecule has 0 aliphatic rings. The maximum absolute atomic E-state index is 5.05. The molecular weight excluding hydrogens is 254 g/mol. The minimum absolute atomic E-state index is 0.692. The van der Waals surface area contributed by atoms with Crippen LogP contribution < -0.4 is 5.32 Å². The van der Waals surface area contributed by atoms with Gasteiger partial charge in [0.05, 0.1) is 12.3 Å². The van der Waals surface area contributed by atoms with E-state index in [0.29, 0.717) is 6.61 Å². The summed E-state index contributed by atoms with van der Waals surface area (Å²) in [6.45, 7) is 2.22. The lowest BCUT2D eigenvalue weighted by molar-refractivity contribution is 0.199. The van der Waals surface area contributed by atoms with Gasteiger partial charge in [0.15, 0.2) is 5.82 Å². The highest BCUT2D eigenvalue weighted by Gasteiger charge is 2.12. The summed E-state index contributed by atoms with van der Waals surface area (Å²) in [6.07, 6.45) is 7.45. The first-order chi connectivity index (χ1) is 9.90. The highest BCUT2D eigenvalue weighted by atomic mass is 16.5. The van der Waals surface area contributed by atoms with Gasteiger partial charge in [-0.2, -0.15) is 0 Å². The lowest BCUT2D eigenvalue weighted by Gasteiger charge is -2.07. The van der Waals surface area contributed by atoms with Crippen LogP contribution in [-0.4, -0.2) is 39.2 Å². The molecule has 0 saturated carbocycles. The standard InChI is InChI=1S/C14H17N5O/c1-20-9-6-15-10-12-14(18-8-5-16-11-18)17-13-4-2-3-7-19(12)13/h2-5,7-8,11,15H,6,9-10H2,1H3. The number of pyridine rings is 1. The SMILES string of the molecule is COCCNCc1c(-n2ccnc2)nc2ccccn12. The van der Waals surface area contributed by atoms with E-state index in [1.165, 1.54) is 0 Å². The van der Waals surface area contributed by atoms with Gasteiger partial charge in [-0.1, -0.05) is 6.07 Å². The number of ether oxygens (including phenoxy) is 1. The quantitative estimate of drug-likeness (QED) is 0.686. The molecule has 0 aliphatic carbocycles. The Morgan fingerprint density at radius 2 is 2.25 bits per heavy atom. The summed E-state index contributed by atoms with van der Waals surface area (Å²) in [4.78, 5) is 8.76. The summed E-state index contributed by atoms with van der Waals surface area (Å²) in [5.74, 6) is 0.901. The van der Waals surface area contributed by atoms with Crippen molar-refractivity contribution in [2.24, 2.45) is 0 Å². The fourth-order valence-corrected chi connectivity index (χ4v) is 2.17. The highest BCUT2D eigenvalue weighted by molar-refractivity contribution is 5.48. The van der Waals surface area contributed by atoms with E-state index in [4.69, 9.17) is 4.74 Å². The molecule has 0 fully saturated rings. The van der Waals surface area contributed by atoms with Gasteiger partial charge in [-0.25, -0.2) is 9.97 Å². The van der Waals surface area contributed by atoms with Crippen LogP contribution in [0.15, 0.2) is 43.1 Å². The fourth-order valence-electron chi connectivity index (χ4n) is 2.17. The lowest BCUT2D eigenvalue weighted by atomic mass is 10.4. The van der Waals surface area contributed by atoms with Crippen molar-refractivity contribution in [3.63, 3.8) is 0 Å². The molecule has 20 heavy (non-hydrogen) atoms. The lowest BCUT2D eigenvalue weighted by Crippen LogP contribution is -2.20. The Morgan fingerprint density at radius 1 is 1.30 bits per heavy atom. The average Bonchev–Trinajstić information content (AvgIpc) is 3.11. The second-order valence-corrected chi connectivity index (χ2v) is 4.45. The van der Waals surface area contributed by atoms with Crippen molar-refractivity contribution >= 4 is 5.65 Å². The summed E-state index contributed by atoms with van der Waals surface area (Å²) >= 11 is 0. The number of methoxy groups -OCH3 is 1. The van der Waals surface area contributed by atoms with Crippen molar-refractivity contribution in [1.29, 1.82) is 0 Å². The topological polar surface area (TPSA) is 56.4 Å². The van der Waals surface area contributed by atoms with Gasteiger partial charge in [-0.15, -0.1) is 0 Å². The largest absolute Gasteiger partial charge is 0.383 e. The van der Waals surface area contributed by atoms with Crippen molar-refractivity contribution < 1.29 is 4.74 Å². The van der Waals surface area contributed by atoms with Crippen LogP contribution in [0.3, 0.4) is 0 Å². The Morgan fingerprint density at radius 3 is 3.05 bits per heavy atom. The third kappa shape index (κ3) is 2.43. The first kappa shape index (κ1) is 12.8. The van der Waals surface area contributed by atoms with Gasteiger partial charge in [-0.05, 0) is 12.1 Å². The molecule has 3 aromatic heterocycles. The number of imidazole rings is 2. The molecule has 0 atom stereocenters. The Balaban J connectivity index is 1.96. The van der Waals surface area contributed by atoms with Crippen LogP contribution in [0.4, 0.5) is 0 Å². The van der Waals surface area contributed by atoms with Gasteiger partial charge in [-0.3, -0.25) is 4.57 Å². The molecule has 0 aromatic carbocycles. The number of fused-ring (bicyclic) bond motifs is 1. The third-order valence-electron chi connectivity index (χ3n) is 3.13. The molecule has 104 valence electrons. The number of hydrogen-bond donors (Lipinski definition) is 1. The second-order valence-electron chi connectivity index (χ2n) is 4.45. The van der Waals surface area contributed by atoms with Crippen LogP contribution in [0.5, 0.6) is 0 Å². The zero-order chi connectivity index (χ0) is 13.8. The van der Waals surface area contributed by atoms with Gasteiger partial charge in [0, 0.05) is 38.8 Å². The van der Waals surface area contributed by atoms with E-state index in [-0.39, 0.29) is 0 Å². The normalized spacial score (nSPS) is 11.2. The first-order valence-corrected chi connectivity index (χ1v) is 6.54. The van der Waals surface area contributed by atoms with E-state index in [1.54, 1.807) is 19.6 Å². The predicted molar refractivity (Wildman–Crippen MR) is 75.9 cm³/mol. The molecule has 0 saturated heterocycles.